The first kappa shape index (κ1) is 14.6. The first-order valence-corrected chi connectivity index (χ1v) is 6.80. The highest BCUT2D eigenvalue weighted by Gasteiger charge is 2.25. The molecule has 1 aromatic heterocycles. The number of nitrogens with one attached hydrogen (secondary N) is 1. The second kappa shape index (κ2) is 5.67. The number of amides is 1. The summed E-state index contributed by atoms with van der Waals surface area (Å²) < 4.78 is 10.9. The molecule has 0 fully saturated rings. The normalized spacial score (nSPS) is 11.8. The predicted molar refractivity (Wildman–Crippen MR) is 78.8 cm³/mol. The second-order valence-corrected chi connectivity index (χ2v) is 5.53. The summed E-state index contributed by atoms with van der Waals surface area (Å²) in [4.78, 5) is 12.4. The highest BCUT2D eigenvalue weighted by atomic mass is 16.5. The number of para-hydroxylation sites is 1. The number of rotatable bonds is 5. The van der Waals surface area contributed by atoms with Gasteiger partial charge in [-0.1, -0.05) is 25.1 Å². The van der Waals surface area contributed by atoms with Gasteiger partial charge in [0.25, 0.3) is 5.91 Å². The van der Waals surface area contributed by atoms with E-state index in [1.807, 2.05) is 45.0 Å². The zero-order valence-corrected chi connectivity index (χ0v) is 12.4. The summed E-state index contributed by atoms with van der Waals surface area (Å²) in [7, 11) is 1.61. The fourth-order valence-corrected chi connectivity index (χ4v) is 2.02. The van der Waals surface area contributed by atoms with E-state index in [1.165, 1.54) is 0 Å². The van der Waals surface area contributed by atoms with Crippen LogP contribution < -0.4 is 5.32 Å². The quantitative estimate of drug-likeness (QED) is 0.908. The molecular formula is C16H21NO3. The van der Waals surface area contributed by atoms with Gasteiger partial charge in [-0.3, -0.25) is 4.79 Å². The number of hydrogen-bond acceptors (Lipinski definition) is 3. The number of hydrogen-bond donors (Lipinski definition) is 1. The Hall–Kier alpha value is -1.81. The molecule has 0 unspecified atom stereocenters. The van der Waals surface area contributed by atoms with E-state index in [4.69, 9.17) is 9.15 Å². The molecule has 108 valence electrons. The molecule has 20 heavy (non-hydrogen) atoms. The molecule has 0 saturated carbocycles. The largest absolute Gasteiger partial charge is 0.451 e. The molecule has 0 spiro atoms. The lowest BCUT2D eigenvalue weighted by molar-refractivity contribution is 0.0878. The molecule has 1 amide bonds. The molecule has 0 saturated heterocycles. The van der Waals surface area contributed by atoms with Gasteiger partial charge in [-0.25, -0.2) is 0 Å². The lowest BCUT2D eigenvalue weighted by atomic mass is 10.0. The van der Waals surface area contributed by atoms with E-state index in [0.29, 0.717) is 18.0 Å². The minimum atomic E-state index is -0.263. The van der Waals surface area contributed by atoms with Crippen molar-refractivity contribution in [1.29, 1.82) is 0 Å². The monoisotopic (exact) mass is 275 g/mol. The van der Waals surface area contributed by atoms with Gasteiger partial charge in [0, 0.05) is 23.6 Å². The van der Waals surface area contributed by atoms with Crippen molar-refractivity contribution in [3.63, 3.8) is 0 Å². The van der Waals surface area contributed by atoms with Crippen molar-refractivity contribution in [2.75, 3.05) is 7.11 Å². The number of furan rings is 1. The average molecular weight is 275 g/mol. The number of carbonyl (C=O) groups excluding carboxylic acids is 1. The first-order chi connectivity index (χ1) is 9.48. The van der Waals surface area contributed by atoms with Crippen LogP contribution in [0.25, 0.3) is 11.0 Å². The fraction of sp³-hybridized carbons (Fsp3) is 0.438. The Morgan fingerprint density at radius 1 is 1.35 bits per heavy atom. The maximum atomic E-state index is 12.4. The van der Waals surface area contributed by atoms with Gasteiger partial charge in [0.05, 0.1) is 6.61 Å². The van der Waals surface area contributed by atoms with Crippen LogP contribution in [0.5, 0.6) is 0 Å². The van der Waals surface area contributed by atoms with Gasteiger partial charge < -0.3 is 14.5 Å². The Morgan fingerprint density at radius 3 is 2.70 bits per heavy atom. The molecule has 0 aliphatic rings. The predicted octanol–water partition coefficient (Wildman–Crippen LogP) is 3.50. The van der Waals surface area contributed by atoms with E-state index >= 15 is 0 Å². The maximum absolute atomic E-state index is 12.4. The number of methoxy groups -OCH3 is 1. The molecule has 2 rings (SSSR count). The third-order valence-corrected chi connectivity index (χ3v) is 3.53. The van der Waals surface area contributed by atoms with Gasteiger partial charge in [0.1, 0.15) is 5.58 Å². The van der Waals surface area contributed by atoms with E-state index in [1.54, 1.807) is 7.11 Å². The minimum Gasteiger partial charge on any atom is -0.451 e. The second-order valence-electron chi connectivity index (χ2n) is 5.53. The first-order valence-electron chi connectivity index (χ1n) is 6.80. The summed E-state index contributed by atoms with van der Waals surface area (Å²) in [5.41, 5.74) is 1.24. The summed E-state index contributed by atoms with van der Waals surface area (Å²) in [6.07, 6.45) is 0.846. The van der Waals surface area contributed by atoms with Gasteiger partial charge in [-0.05, 0) is 26.3 Å². The van der Waals surface area contributed by atoms with Crippen LogP contribution in [0.3, 0.4) is 0 Å². The lowest BCUT2D eigenvalue weighted by Crippen LogP contribution is -2.42. The van der Waals surface area contributed by atoms with Crippen molar-refractivity contribution in [3.8, 4) is 0 Å². The molecule has 0 bridgehead atoms. The smallest absolute Gasteiger partial charge is 0.287 e. The summed E-state index contributed by atoms with van der Waals surface area (Å²) in [5.74, 6) is 0.148. The Kier molecular flexibility index (Phi) is 4.14. The van der Waals surface area contributed by atoms with Crippen LogP contribution in [0, 0.1) is 0 Å². The molecule has 4 nitrogen and oxygen atoms in total. The maximum Gasteiger partial charge on any atom is 0.287 e. The Balaban J connectivity index is 2.42. The Bertz CT molecular complexity index is 613. The third kappa shape index (κ3) is 2.85. The molecule has 0 radical (unpaired) electrons. The summed E-state index contributed by atoms with van der Waals surface area (Å²) in [5, 5.41) is 3.92. The van der Waals surface area contributed by atoms with Crippen molar-refractivity contribution in [1.82, 2.24) is 5.32 Å². The number of fused-ring (bicyclic) bond motifs is 1. The topological polar surface area (TPSA) is 51.5 Å². The van der Waals surface area contributed by atoms with Crippen molar-refractivity contribution in [2.45, 2.75) is 39.3 Å². The van der Waals surface area contributed by atoms with Crippen LogP contribution in [-0.2, 0) is 11.3 Å². The van der Waals surface area contributed by atoms with E-state index in [0.717, 1.165) is 17.4 Å². The third-order valence-electron chi connectivity index (χ3n) is 3.53. The van der Waals surface area contributed by atoms with Gasteiger partial charge in [-0.2, -0.15) is 0 Å². The van der Waals surface area contributed by atoms with Crippen molar-refractivity contribution in [2.24, 2.45) is 0 Å². The number of ether oxygens (including phenoxy) is 1. The highest BCUT2D eigenvalue weighted by Crippen LogP contribution is 2.27. The van der Waals surface area contributed by atoms with E-state index in [-0.39, 0.29) is 11.4 Å². The average Bonchev–Trinajstić information content (AvgIpc) is 2.78. The summed E-state index contributed by atoms with van der Waals surface area (Å²) in [6, 6.07) is 7.61. The van der Waals surface area contributed by atoms with E-state index in [9.17, 15) is 4.79 Å². The van der Waals surface area contributed by atoms with Crippen molar-refractivity contribution in [3.05, 3.63) is 35.6 Å². The molecule has 0 atom stereocenters. The van der Waals surface area contributed by atoms with Crippen LogP contribution in [0.2, 0.25) is 0 Å². The van der Waals surface area contributed by atoms with E-state index in [2.05, 4.69) is 5.32 Å². The molecule has 1 N–H and O–H groups in total. The standard InChI is InChI=1S/C16H21NO3/c1-5-16(2,3)17-15(18)14-12(10-19-4)11-8-6-7-9-13(11)20-14/h6-9H,5,10H2,1-4H3,(H,17,18). The summed E-state index contributed by atoms with van der Waals surface area (Å²) in [6.45, 7) is 6.37. The van der Waals surface area contributed by atoms with Crippen LogP contribution in [0.1, 0.15) is 43.3 Å². The molecule has 0 aliphatic heterocycles. The number of carbonyl (C=O) groups is 1. The van der Waals surface area contributed by atoms with Crippen LogP contribution in [-0.4, -0.2) is 18.6 Å². The lowest BCUT2D eigenvalue weighted by Gasteiger charge is -2.23. The Labute approximate surface area is 119 Å². The van der Waals surface area contributed by atoms with Crippen molar-refractivity contribution >= 4 is 16.9 Å². The minimum absolute atomic E-state index is 0.194. The molecule has 4 heteroatoms. The van der Waals surface area contributed by atoms with Crippen LogP contribution in [0.4, 0.5) is 0 Å². The molecule has 1 heterocycles. The van der Waals surface area contributed by atoms with Crippen LogP contribution in [0.15, 0.2) is 28.7 Å². The SMILES string of the molecule is CCC(C)(C)NC(=O)c1oc2ccccc2c1COC. The molecular weight excluding hydrogens is 254 g/mol. The van der Waals surface area contributed by atoms with Gasteiger partial charge >= 0.3 is 0 Å². The fourth-order valence-electron chi connectivity index (χ4n) is 2.02. The summed E-state index contributed by atoms with van der Waals surface area (Å²) >= 11 is 0. The number of benzene rings is 1. The van der Waals surface area contributed by atoms with Crippen molar-refractivity contribution < 1.29 is 13.9 Å². The zero-order valence-electron chi connectivity index (χ0n) is 12.4. The molecule has 2 aromatic rings. The molecule has 0 aliphatic carbocycles. The van der Waals surface area contributed by atoms with Gasteiger partial charge in [-0.15, -0.1) is 0 Å². The van der Waals surface area contributed by atoms with Crippen LogP contribution >= 0.6 is 0 Å². The Morgan fingerprint density at radius 2 is 2.05 bits per heavy atom. The highest BCUT2D eigenvalue weighted by molar-refractivity contribution is 5.99. The molecule has 1 aromatic carbocycles. The van der Waals surface area contributed by atoms with Gasteiger partial charge in [0.2, 0.25) is 0 Å². The zero-order chi connectivity index (χ0) is 14.8. The van der Waals surface area contributed by atoms with E-state index < -0.39 is 0 Å². The van der Waals surface area contributed by atoms with Gasteiger partial charge in [0.15, 0.2) is 5.76 Å².